The summed E-state index contributed by atoms with van der Waals surface area (Å²) in [6.45, 7) is 1.83. The Kier molecular flexibility index (Phi) is 4.53. The van der Waals surface area contributed by atoms with E-state index in [1.54, 1.807) is 18.2 Å². The number of Topliss-reactive ketones (excluding diaryl/α,β-unsaturated/α-hetero) is 1. The van der Waals surface area contributed by atoms with Gasteiger partial charge in [0.05, 0.1) is 16.2 Å². The second-order valence-corrected chi connectivity index (χ2v) is 7.96. The van der Waals surface area contributed by atoms with Gasteiger partial charge in [-0.3, -0.25) is 4.79 Å². The fourth-order valence-corrected chi connectivity index (χ4v) is 4.49. The van der Waals surface area contributed by atoms with E-state index in [2.05, 4.69) is 0 Å². The summed E-state index contributed by atoms with van der Waals surface area (Å²) >= 11 is 5.72. The first kappa shape index (κ1) is 19.1. The largest absolute Gasteiger partial charge is 0.511 e. The Bertz CT molecular complexity index is 1010. The van der Waals surface area contributed by atoms with E-state index in [1.165, 1.54) is 12.1 Å². The van der Waals surface area contributed by atoms with Crippen molar-refractivity contribution in [3.8, 4) is 11.1 Å². The number of benzene rings is 2. The quantitative estimate of drug-likeness (QED) is 0.609. The molecule has 0 saturated heterocycles. The summed E-state index contributed by atoms with van der Waals surface area (Å²) in [6.07, 6.45) is -2.32. The Balaban J connectivity index is 1.83. The maximum atomic E-state index is 13.2. The number of aliphatic hydroxyl groups is 1. The van der Waals surface area contributed by atoms with Crippen molar-refractivity contribution in [1.29, 1.82) is 0 Å². The molecule has 1 fully saturated rings. The highest BCUT2D eigenvalue weighted by atomic mass is 35.5. The number of allylic oxidation sites excluding steroid dienone is 2. The zero-order chi connectivity index (χ0) is 20.2. The number of aryl methyl sites for hydroxylation is 1. The minimum atomic E-state index is -4.56. The van der Waals surface area contributed by atoms with Gasteiger partial charge in [-0.15, -0.1) is 0 Å². The van der Waals surface area contributed by atoms with Crippen LogP contribution < -0.4 is 0 Å². The van der Waals surface area contributed by atoms with Gasteiger partial charge in [-0.05, 0) is 66.6 Å². The molecule has 0 aliphatic heterocycles. The number of hydrogen-bond donors (Lipinski definition) is 1. The third kappa shape index (κ3) is 3.12. The van der Waals surface area contributed by atoms with Crippen LogP contribution in [0.2, 0.25) is 5.02 Å². The molecule has 0 spiro atoms. The van der Waals surface area contributed by atoms with E-state index in [1.807, 2.05) is 6.92 Å². The van der Waals surface area contributed by atoms with Gasteiger partial charge in [-0.2, -0.15) is 13.2 Å². The van der Waals surface area contributed by atoms with Gasteiger partial charge in [0.25, 0.3) is 0 Å². The summed E-state index contributed by atoms with van der Waals surface area (Å²) in [4.78, 5) is 12.8. The number of carbonyl (C=O) groups excluding carboxylic acids is 1. The molecule has 0 heterocycles. The highest BCUT2D eigenvalue weighted by molar-refractivity contribution is 6.31. The fourth-order valence-electron chi connectivity index (χ4n) is 4.27. The lowest BCUT2D eigenvalue weighted by Crippen LogP contribution is -2.21. The van der Waals surface area contributed by atoms with E-state index in [0.717, 1.165) is 24.5 Å². The van der Waals surface area contributed by atoms with Gasteiger partial charge in [0, 0.05) is 11.8 Å². The van der Waals surface area contributed by atoms with Crippen LogP contribution in [0.3, 0.4) is 0 Å². The first-order valence-electron chi connectivity index (χ1n) is 9.12. The van der Waals surface area contributed by atoms with Crippen molar-refractivity contribution < 1.29 is 23.1 Å². The van der Waals surface area contributed by atoms with E-state index in [-0.39, 0.29) is 28.4 Å². The van der Waals surface area contributed by atoms with Gasteiger partial charge in [0.1, 0.15) is 5.76 Å². The molecule has 4 rings (SSSR count). The molecule has 2 bridgehead atoms. The van der Waals surface area contributed by atoms with Gasteiger partial charge in [-0.1, -0.05) is 29.8 Å². The van der Waals surface area contributed by atoms with Gasteiger partial charge in [-0.25, -0.2) is 0 Å². The Labute approximate surface area is 165 Å². The van der Waals surface area contributed by atoms with Gasteiger partial charge in [0.2, 0.25) is 0 Å². The minimum absolute atomic E-state index is 0.00637. The van der Waals surface area contributed by atoms with Crippen LogP contribution >= 0.6 is 11.6 Å². The van der Waals surface area contributed by atoms with E-state index < -0.39 is 11.7 Å². The molecular weight excluding hydrogens is 389 g/mol. The summed E-state index contributed by atoms with van der Waals surface area (Å²) in [5.41, 5.74) is 1.69. The lowest BCUT2D eigenvalue weighted by atomic mass is 9.81. The highest BCUT2D eigenvalue weighted by Gasteiger charge is 2.41. The van der Waals surface area contributed by atoms with Crippen LogP contribution in [0.5, 0.6) is 0 Å². The Morgan fingerprint density at radius 2 is 1.68 bits per heavy atom. The van der Waals surface area contributed by atoms with E-state index >= 15 is 0 Å². The van der Waals surface area contributed by atoms with Crippen molar-refractivity contribution >= 4 is 23.0 Å². The topological polar surface area (TPSA) is 37.3 Å². The van der Waals surface area contributed by atoms with Crippen LogP contribution in [0.1, 0.15) is 36.0 Å². The number of hydrogen-bond acceptors (Lipinski definition) is 2. The number of aliphatic hydroxyl groups excluding tert-OH is 1. The molecule has 2 aromatic rings. The zero-order valence-electron chi connectivity index (χ0n) is 15.1. The third-order valence-electron chi connectivity index (χ3n) is 5.80. The molecule has 0 aromatic heterocycles. The molecule has 2 aromatic carbocycles. The van der Waals surface area contributed by atoms with Crippen molar-refractivity contribution in [2.24, 2.45) is 11.8 Å². The van der Waals surface area contributed by atoms with Crippen LogP contribution in [-0.4, -0.2) is 10.9 Å². The van der Waals surface area contributed by atoms with Crippen molar-refractivity contribution in [3.05, 3.63) is 63.9 Å². The predicted molar refractivity (Wildman–Crippen MR) is 102 cm³/mol. The number of carbonyl (C=O) groups is 1. The number of halogens is 4. The van der Waals surface area contributed by atoms with Crippen LogP contribution in [0.15, 0.2) is 42.2 Å². The zero-order valence-corrected chi connectivity index (χ0v) is 15.9. The summed E-state index contributed by atoms with van der Waals surface area (Å²) in [5.74, 6) is -0.0379. The SMILES string of the molecule is Cc1ccc(-c2ccc(Cl)c(C(F)(F)F)c2)cc1C1=C(O)[C@H]2CC[C@H](C2)C1=O. The fraction of sp³-hybridized carbons (Fsp3) is 0.318. The Morgan fingerprint density at radius 1 is 1.04 bits per heavy atom. The van der Waals surface area contributed by atoms with E-state index in [4.69, 9.17) is 11.6 Å². The maximum Gasteiger partial charge on any atom is 0.417 e. The molecule has 0 radical (unpaired) electrons. The van der Waals surface area contributed by atoms with E-state index in [0.29, 0.717) is 28.7 Å². The number of fused-ring (bicyclic) bond motifs is 2. The van der Waals surface area contributed by atoms with Crippen molar-refractivity contribution in [3.63, 3.8) is 0 Å². The highest BCUT2D eigenvalue weighted by Crippen LogP contribution is 2.46. The molecule has 146 valence electrons. The van der Waals surface area contributed by atoms with Gasteiger partial charge >= 0.3 is 6.18 Å². The van der Waals surface area contributed by atoms with Crippen molar-refractivity contribution in [2.75, 3.05) is 0 Å². The van der Waals surface area contributed by atoms with Gasteiger partial charge < -0.3 is 5.11 Å². The van der Waals surface area contributed by atoms with Crippen LogP contribution in [0, 0.1) is 18.8 Å². The molecule has 2 aliphatic carbocycles. The standard InChI is InChI=1S/C22H18ClF3O2/c1-11-2-3-12(13-6-7-18(23)17(10-13)22(24,25)26)9-16(11)19-20(27)14-4-5-15(8-14)21(19)28/h2-3,6-7,9-10,14-15,27H,4-5,8H2,1H3/t14-,15+/m0/s1. The summed E-state index contributed by atoms with van der Waals surface area (Å²) in [6, 6.07) is 8.91. The van der Waals surface area contributed by atoms with Crippen molar-refractivity contribution in [1.82, 2.24) is 0 Å². The predicted octanol–water partition coefficient (Wildman–Crippen LogP) is 6.60. The average Bonchev–Trinajstić information content (AvgIpc) is 3.08. The first-order chi connectivity index (χ1) is 13.2. The van der Waals surface area contributed by atoms with E-state index in [9.17, 15) is 23.1 Å². The molecule has 0 amide bonds. The monoisotopic (exact) mass is 406 g/mol. The minimum Gasteiger partial charge on any atom is -0.511 e. The summed E-state index contributed by atoms with van der Waals surface area (Å²) in [7, 11) is 0. The smallest absolute Gasteiger partial charge is 0.417 e. The van der Waals surface area contributed by atoms with Crippen LogP contribution in [-0.2, 0) is 11.0 Å². The molecule has 28 heavy (non-hydrogen) atoms. The molecule has 6 heteroatoms. The number of alkyl halides is 3. The molecule has 2 aliphatic rings. The van der Waals surface area contributed by atoms with Crippen molar-refractivity contribution in [2.45, 2.75) is 32.4 Å². The molecule has 0 unspecified atom stereocenters. The second-order valence-electron chi connectivity index (χ2n) is 7.55. The lowest BCUT2D eigenvalue weighted by molar-refractivity contribution is -0.137. The second kappa shape index (κ2) is 6.66. The summed E-state index contributed by atoms with van der Waals surface area (Å²) < 4.78 is 39.6. The Hall–Kier alpha value is -2.27. The number of ketones is 1. The van der Waals surface area contributed by atoms with Crippen LogP contribution in [0.4, 0.5) is 13.2 Å². The normalized spacial score (nSPS) is 22.1. The third-order valence-corrected chi connectivity index (χ3v) is 6.13. The number of rotatable bonds is 2. The molecule has 2 atom stereocenters. The molecule has 1 N–H and O–H groups in total. The maximum absolute atomic E-state index is 13.2. The summed E-state index contributed by atoms with van der Waals surface area (Å²) in [5, 5.41) is 10.3. The average molecular weight is 407 g/mol. The first-order valence-corrected chi connectivity index (χ1v) is 9.50. The Morgan fingerprint density at radius 3 is 2.39 bits per heavy atom. The van der Waals surface area contributed by atoms with Crippen LogP contribution in [0.25, 0.3) is 16.7 Å². The lowest BCUT2D eigenvalue weighted by Gasteiger charge is -2.23. The molecule has 1 saturated carbocycles. The molecule has 2 nitrogen and oxygen atoms in total. The van der Waals surface area contributed by atoms with Gasteiger partial charge in [0.15, 0.2) is 5.78 Å². The molecular formula is C22H18ClF3O2.